The topological polar surface area (TPSA) is 98.0 Å². The van der Waals surface area contributed by atoms with Gasteiger partial charge in [-0.3, -0.25) is 9.71 Å². The van der Waals surface area contributed by atoms with E-state index in [1.54, 1.807) is 12.1 Å². The Balaban J connectivity index is 2.26. The molecule has 0 amide bonds. The second-order valence-corrected chi connectivity index (χ2v) is 6.75. The molecule has 3 N–H and O–H groups in total. The largest absolute Gasteiger partial charge is 0.388 e. The standard InChI is InChI=1S/C11H9BrN4O2S2/c12-7-1-4-10(15-5-7)16-20(17,18)8-2-3-9(11(13)19)14-6-8/h1-6H,(H2,13,19)(H,15,16). The lowest BCUT2D eigenvalue weighted by Gasteiger charge is -2.07. The molecule has 0 aliphatic rings. The van der Waals surface area contributed by atoms with Crippen molar-refractivity contribution in [2.24, 2.45) is 5.73 Å². The van der Waals surface area contributed by atoms with Gasteiger partial charge in [0, 0.05) is 16.9 Å². The van der Waals surface area contributed by atoms with Crippen LogP contribution in [0.4, 0.5) is 5.82 Å². The van der Waals surface area contributed by atoms with E-state index in [1.807, 2.05) is 0 Å². The fourth-order valence-electron chi connectivity index (χ4n) is 1.32. The van der Waals surface area contributed by atoms with Crippen molar-refractivity contribution in [2.45, 2.75) is 4.90 Å². The molecule has 0 spiro atoms. The molecule has 9 heteroatoms. The minimum absolute atomic E-state index is 0.00205. The van der Waals surface area contributed by atoms with Crippen molar-refractivity contribution in [3.8, 4) is 0 Å². The molecule has 0 unspecified atom stereocenters. The average molecular weight is 373 g/mol. The van der Waals surface area contributed by atoms with Crippen LogP contribution in [0, 0.1) is 0 Å². The van der Waals surface area contributed by atoms with Crippen LogP contribution in [-0.4, -0.2) is 23.4 Å². The molecule has 2 rings (SSSR count). The van der Waals surface area contributed by atoms with Crippen molar-refractivity contribution in [1.29, 1.82) is 0 Å². The van der Waals surface area contributed by atoms with E-state index in [0.717, 1.165) is 4.47 Å². The van der Waals surface area contributed by atoms with Crippen LogP contribution in [0.15, 0.2) is 46.0 Å². The zero-order valence-corrected chi connectivity index (χ0v) is 13.2. The van der Waals surface area contributed by atoms with Crippen molar-refractivity contribution in [3.63, 3.8) is 0 Å². The van der Waals surface area contributed by atoms with Crippen LogP contribution in [0.25, 0.3) is 0 Å². The highest BCUT2D eigenvalue weighted by Gasteiger charge is 2.15. The Labute approximate surface area is 129 Å². The molecule has 2 aromatic heterocycles. The predicted molar refractivity (Wildman–Crippen MR) is 82.9 cm³/mol. The molecule has 0 aliphatic carbocycles. The molecule has 0 aromatic carbocycles. The first-order valence-corrected chi connectivity index (χ1v) is 7.97. The Kier molecular flexibility index (Phi) is 4.31. The summed E-state index contributed by atoms with van der Waals surface area (Å²) < 4.78 is 27.3. The summed E-state index contributed by atoms with van der Waals surface area (Å²) in [6, 6.07) is 6.05. The number of nitrogens with one attached hydrogen (secondary N) is 1. The van der Waals surface area contributed by atoms with Crippen molar-refractivity contribution in [3.05, 3.63) is 46.8 Å². The van der Waals surface area contributed by atoms with Gasteiger partial charge in [0.2, 0.25) is 0 Å². The quantitative estimate of drug-likeness (QED) is 0.792. The third-order valence-corrected chi connectivity index (χ3v) is 4.28. The third kappa shape index (κ3) is 3.50. The van der Waals surface area contributed by atoms with E-state index in [-0.39, 0.29) is 15.7 Å². The first kappa shape index (κ1) is 14.8. The van der Waals surface area contributed by atoms with Crippen LogP contribution in [-0.2, 0) is 10.0 Å². The predicted octanol–water partition coefficient (Wildman–Crippen LogP) is 1.67. The number of sulfonamides is 1. The number of anilines is 1. The van der Waals surface area contributed by atoms with Gasteiger partial charge in [0.25, 0.3) is 10.0 Å². The van der Waals surface area contributed by atoms with Crippen LogP contribution < -0.4 is 10.5 Å². The van der Waals surface area contributed by atoms with Gasteiger partial charge in [0.1, 0.15) is 15.7 Å². The Morgan fingerprint density at radius 2 is 1.95 bits per heavy atom. The SMILES string of the molecule is NC(=S)c1ccc(S(=O)(=O)Nc2ccc(Br)cn2)cn1. The molecule has 0 atom stereocenters. The maximum Gasteiger partial charge on any atom is 0.264 e. The number of pyridine rings is 2. The van der Waals surface area contributed by atoms with Crippen LogP contribution in [0.2, 0.25) is 0 Å². The fourth-order valence-corrected chi connectivity index (χ4v) is 2.63. The van der Waals surface area contributed by atoms with E-state index < -0.39 is 10.0 Å². The molecular formula is C11H9BrN4O2S2. The van der Waals surface area contributed by atoms with Crippen LogP contribution in [0.5, 0.6) is 0 Å². The number of nitrogens with zero attached hydrogens (tertiary/aromatic N) is 2. The third-order valence-electron chi connectivity index (χ3n) is 2.27. The lowest BCUT2D eigenvalue weighted by Crippen LogP contribution is -2.16. The highest BCUT2D eigenvalue weighted by molar-refractivity contribution is 9.10. The monoisotopic (exact) mass is 372 g/mol. The maximum atomic E-state index is 12.1. The van der Waals surface area contributed by atoms with Crippen molar-refractivity contribution >= 4 is 49.0 Å². The maximum absolute atomic E-state index is 12.1. The Bertz CT molecular complexity index is 730. The zero-order valence-electron chi connectivity index (χ0n) is 9.95. The van der Waals surface area contributed by atoms with Crippen molar-refractivity contribution in [1.82, 2.24) is 9.97 Å². The molecule has 6 nitrogen and oxygen atoms in total. The molecule has 104 valence electrons. The molecular weight excluding hydrogens is 364 g/mol. The Hall–Kier alpha value is -1.58. The highest BCUT2D eigenvalue weighted by atomic mass is 79.9. The van der Waals surface area contributed by atoms with Gasteiger partial charge in [-0.05, 0) is 40.2 Å². The van der Waals surface area contributed by atoms with Gasteiger partial charge < -0.3 is 5.73 Å². The molecule has 0 bridgehead atoms. The summed E-state index contributed by atoms with van der Waals surface area (Å²) in [5, 5.41) is 0. The number of halogens is 1. The highest BCUT2D eigenvalue weighted by Crippen LogP contribution is 2.15. The Morgan fingerprint density at radius 3 is 2.45 bits per heavy atom. The summed E-state index contributed by atoms with van der Waals surface area (Å²) in [4.78, 5) is 7.93. The number of thiocarbonyl (C=S) groups is 1. The molecule has 0 aliphatic heterocycles. The van der Waals surface area contributed by atoms with Gasteiger partial charge >= 0.3 is 0 Å². The second kappa shape index (κ2) is 5.81. The summed E-state index contributed by atoms with van der Waals surface area (Å²) in [6.45, 7) is 0. The minimum Gasteiger partial charge on any atom is -0.388 e. The van der Waals surface area contributed by atoms with Gasteiger partial charge in [-0.1, -0.05) is 12.2 Å². The molecule has 0 saturated carbocycles. The first-order chi connectivity index (χ1) is 9.38. The molecule has 2 heterocycles. The summed E-state index contributed by atoms with van der Waals surface area (Å²) in [6.07, 6.45) is 2.68. The lowest BCUT2D eigenvalue weighted by atomic mass is 10.3. The van der Waals surface area contributed by atoms with Gasteiger partial charge in [0.15, 0.2) is 0 Å². The zero-order chi connectivity index (χ0) is 14.8. The van der Waals surface area contributed by atoms with E-state index in [4.69, 9.17) is 18.0 Å². The summed E-state index contributed by atoms with van der Waals surface area (Å²) in [5.74, 6) is 0.214. The first-order valence-electron chi connectivity index (χ1n) is 5.29. The van der Waals surface area contributed by atoms with E-state index in [2.05, 4.69) is 30.6 Å². The summed E-state index contributed by atoms with van der Waals surface area (Å²) in [5.41, 5.74) is 5.76. The Morgan fingerprint density at radius 1 is 1.20 bits per heavy atom. The summed E-state index contributed by atoms with van der Waals surface area (Å²) >= 11 is 7.97. The smallest absolute Gasteiger partial charge is 0.264 e. The van der Waals surface area contributed by atoms with E-state index in [1.165, 1.54) is 24.5 Å². The normalized spacial score (nSPS) is 11.1. The van der Waals surface area contributed by atoms with E-state index >= 15 is 0 Å². The van der Waals surface area contributed by atoms with Crippen LogP contribution in [0.1, 0.15) is 5.69 Å². The van der Waals surface area contributed by atoms with Crippen molar-refractivity contribution in [2.75, 3.05) is 4.72 Å². The fraction of sp³-hybridized carbons (Fsp3) is 0. The van der Waals surface area contributed by atoms with Crippen molar-refractivity contribution < 1.29 is 8.42 Å². The summed E-state index contributed by atoms with van der Waals surface area (Å²) in [7, 11) is -3.74. The van der Waals surface area contributed by atoms with Gasteiger partial charge in [0.05, 0.1) is 5.69 Å². The molecule has 0 radical (unpaired) electrons. The molecule has 0 fully saturated rings. The molecule has 0 saturated heterocycles. The molecule has 2 aromatic rings. The lowest BCUT2D eigenvalue weighted by molar-refractivity contribution is 0.600. The number of aromatic nitrogens is 2. The number of hydrogen-bond donors (Lipinski definition) is 2. The van der Waals surface area contributed by atoms with Crippen LogP contribution >= 0.6 is 28.1 Å². The van der Waals surface area contributed by atoms with Gasteiger partial charge in [-0.2, -0.15) is 0 Å². The number of rotatable bonds is 4. The second-order valence-electron chi connectivity index (χ2n) is 3.71. The molecule has 20 heavy (non-hydrogen) atoms. The number of hydrogen-bond acceptors (Lipinski definition) is 5. The van der Waals surface area contributed by atoms with Crippen LogP contribution in [0.3, 0.4) is 0 Å². The number of nitrogens with two attached hydrogens (primary N) is 1. The van der Waals surface area contributed by atoms with Gasteiger partial charge in [-0.15, -0.1) is 0 Å². The average Bonchev–Trinajstić information content (AvgIpc) is 2.41. The minimum atomic E-state index is -3.74. The van der Waals surface area contributed by atoms with E-state index in [0.29, 0.717) is 5.69 Å². The van der Waals surface area contributed by atoms with E-state index in [9.17, 15) is 8.42 Å². The van der Waals surface area contributed by atoms with Gasteiger partial charge in [-0.25, -0.2) is 13.4 Å².